The van der Waals surface area contributed by atoms with Gasteiger partial charge in [0.05, 0.1) is 32.0 Å². The molecule has 38 heavy (non-hydrogen) atoms. The molecule has 4 rings (SSSR count). The summed E-state index contributed by atoms with van der Waals surface area (Å²) in [5.74, 6) is 1.17. The van der Waals surface area contributed by atoms with Gasteiger partial charge in [-0.3, -0.25) is 9.36 Å². The molecule has 0 saturated heterocycles. The molecule has 1 amide bonds. The maximum Gasteiger partial charge on any atom is 0.416 e. The Hall–Kier alpha value is -3.70. The van der Waals surface area contributed by atoms with Crippen molar-refractivity contribution in [2.45, 2.75) is 23.6 Å². The van der Waals surface area contributed by atoms with E-state index in [-0.39, 0.29) is 18.2 Å². The second-order valence-corrected chi connectivity index (χ2v) is 9.33. The van der Waals surface area contributed by atoms with Gasteiger partial charge in [0.1, 0.15) is 0 Å². The number of nitrogens with one attached hydrogen (secondary N) is 1. The Labute approximate surface area is 225 Å². The average Bonchev–Trinajstić information content (AvgIpc) is 3.32. The van der Waals surface area contributed by atoms with E-state index in [1.807, 2.05) is 0 Å². The van der Waals surface area contributed by atoms with Crippen molar-refractivity contribution in [3.05, 3.63) is 94.3 Å². The molecule has 0 fully saturated rings. The Morgan fingerprint density at radius 3 is 2.47 bits per heavy atom. The predicted octanol–water partition coefficient (Wildman–Crippen LogP) is 6.18. The fourth-order valence-corrected chi connectivity index (χ4v) is 4.71. The lowest BCUT2D eigenvalue weighted by atomic mass is 10.1. The molecule has 0 bridgehead atoms. The van der Waals surface area contributed by atoms with E-state index in [0.29, 0.717) is 44.3 Å². The van der Waals surface area contributed by atoms with Gasteiger partial charge in [-0.1, -0.05) is 47.6 Å². The number of hydrogen-bond donors (Lipinski definition) is 1. The van der Waals surface area contributed by atoms with Gasteiger partial charge in [0.25, 0.3) is 5.91 Å². The Morgan fingerprint density at radius 1 is 1.00 bits per heavy atom. The van der Waals surface area contributed by atoms with E-state index in [0.717, 1.165) is 12.1 Å². The van der Waals surface area contributed by atoms with Gasteiger partial charge in [0.15, 0.2) is 22.5 Å². The van der Waals surface area contributed by atoms with Crippen molar-refractivity contribution in [1.29, 1.82) is 0 Å². The first-order valence-electron chi connectivity index (χ1n) is 11.2. The van der Waals surface area contributed by atoms with Gasteiger partial charge in [-0.05, 0) is 48.0 Å². The van der Waals surface area contributed by atoms with Crippen LogP contribution in [0.4, 0.5) is 13.2 Å². The number of carbonyl (C=O) groups excluding carboxylic acids is 1. The molecule has 0 radical (unpaired) electrons. The lowest BCUT2D eigenvalue weighted by Crippen LogP contribution is -2.24. The molecule has 0 atom stereocenters. The van der Waals surface area contributed by atoms with Gasteiger partial charge in [-0.15, -0.1) is 10.2 Å². The van der Waals surface area contributed by atoms with Crippen molar-refractivity contribution in [1.82, 2.24) is 20.1 Å². The molecule has 1 aromatic heterocycles. The fourth-order valence-electron chi connectivity index (χ4n) is 3.61. The zero-order valence-corrected chi connectivity index (χ0v) is 21.8. The number of nitrogens with zero attached hydrogens (tertiary/aromatic N) is 3. The molecule has 4 aromatic rings. The summed E-state index contributed by atoms with van der Waals surface area (Å²) in [4.78, 5) is 12.8. The summed E-state index contributed by atoms with van der Waals surface area (Å²) >= 11 is 7.42. The first-order valence-corrected chi connectivity index (χ1v) is 12.6. The quantitative estimate of drug-likeness (QED) is 0.246. The first kappa shape index (κ1) is 27.3. The second kappa shape index (κ2) is 11.8. The Bertz CT molecular complexity index is 1450. The molecule has 0 aliphatic carbocycles. The van der Waals surface area contributed by atoms with E-state index in [4.69, 9.17) is 21.1 Å². The van der Waals surface area contributed by atoms with Crippen molar-refractivity contribution in [3.63, 3.8) is 0 Å². The highest BCUT2D eigenvalue weighted by atomic mass is 35.5. The molecule has 1 N–H and O–H groups in total. The third-order valence-electron chi connectivity index (χ3n) is 5.44. The van der Waals surface area contributed by atoms with Crippen LogP contribution < -0.4 is 14.8 Å². The lowest BCUT2D eigenvalue weighted by molar-refractivity contribution is -0.137. The van der Waals surface area contributed by atoms with Crippen LogP contribution in [0.2, 0.25) is 5.02 Å². The average molecular weight is 563 g/mol. The van der Waals surface area contributed by atoms with E-state index in [2.05, 4.69) is 15.5 Å². The lowest BCUT2D eigenvalue weighted by Gasteiger charge is -2.13. The van der Waals surface area contributed by atoms with E-state index in [9.17, 15) is 18.0 Å². The van der Waals surface area contributed by atoms with Gasteiger partial charge in [0, 0.05) is 16.3 Å². The van der Waals surface area contributed by atoms with E-state index < -0.39 is 11.7 Å². The minimum Gasteiger partial charge on any atom is -0.493 e. The molecule has 7 nitrogen and oxygen atoms in total. The van der Waals surface area contributed by atoms with Crippen molar-refractivity contribution in [2.24, 2.45) is 0 Å². The van der Waals surface area contributed by atoms with Crippen LogP contribution in [0, 0.1) is 0 Å². The van der Waals surface area contributed by atoms with Crippen molar-refractivity contribution < 1.29 is 27.4 Å². The van der Waals surface area contributed by atoms with Crippen LogP contribution >= 0.6 is 23.4 Å². The topological polar surface area (TPSA) is 78.3 Å². The zero-order chi connectivity index (χ0) is 27.3. The molecular formula is C26H22ClF3N4O3S. The molecular weight excluding hydrogens is 541 g/mol. The SMILES string of the molecule is COc1ccc(C(=O)NCc2nnc(SCc3cccc(C(F)(F)F)c3)n2-c2cccc(Cl)c2)cc1OC. The third-order valence-corrected chi connectivity index (χ3v) is 6.68. The monoisotopic (exact) mass is 562 g/mol. The van der Waals surface area contributed by atoms with Gasteiger partial charge in [-0.25, -0.2) is 0 Å². The number of methoxy groups -OCH3 is 2. The highest BCUT2D eigenvalue weighted by Gasteiger charge is 2.30. The van der Waals surface area contributed by atoms with Crippen molar-refractivity contribution in [3.8, 4) is 17.2 Å². The molecule has 0 unspecified atom stereocenters. The third kappa shape index (κ3) is 6.40. The molecule has 0 spiro atoms. The summed E-state index contributed by atoms with van der Waals surface area (Å²) in [7, 11) is 2.98. The largest absolute Gasteiger partial charge is 0.493 e. The fraction of sp³-hybridized carbons (Fsp3) is 0.192. The number of alkyl halides is 3. The number of benzene rings is 3. The number of halogens is 4. The first-order chi connectivity index (χ1) is 18.2. The van der Waals surface area contributed by atoms with Gasteiger partial charge in [0.2, 0.25) is 0 Å². The van der Waals surface area contributed by atoms with E-state index in [1.54, 1.807) is 53.1 Å². The summed E-state index contributed by atoms with van der Waals surface area (Å²) in [6.45, 7) is 0.0246. The molecule has 3 aromatic carbocycles. The second-order valence-electron chi connectivity index (χ2n) is 7.95. The Balaban J connectivity index is 1.57. The molecule has 12 heteroatoms. The molecule has 1 heterocycles. The van der Waals surface area contributed by atoms with Crippen LogP contribution in [0.25, 0.3) is 5.69 Å². The molecule has 198 valence electrons. The van der Waals surface area contributed by atoms with E-state index >= 15 is 0 Å². The minimum atomic E-state index is -4.43. The standard InChI is InChI=1S/C26H22ClF3N4O3S/c1-36-21-10-9-17(12-22(21)37-2)24(35)31-14-23-32-33-25(34(23)20-8-4-7-19(27)13-20)38-15-16-5-3-6-18(11-16)26(28,29)30/h3-13H,14-15H2,1-2H3,(H,31,35). The number of thioether (sulfide) groups is 1. The number of aromatic nitrogens is 3. The van der Waals surface area contributed by atoms with E-state index in [1.165, 1.54) is 32.0 Å². The van der Waals surface area contributed by atoms with Crippen LogP contribution in [-0.4, -0.2) is 34.9 Å². The number of amides is 1. The highest BCUT2D eigenvalue weighted by Crippen LogP contribution is 2.32. The summed E-state index contributed by atoms with van der Waals surface area (Å²) in [5, 5.41) is 12.2. The van der Waals surface area contributed by atoms with Crippen molar-refractivity contribution in [2.75, 3.05) is 14.2 Å². The normalized spacial score (nSPS) is 11.3. The number of rotatable bonds is 9. The van der Waals surface area contributed by atoms with Crippen LogP contribution in [0.3, 0.4) is 0 Å². The highest BCUT2D eigenvalue weighted by molar-refractivity contribution is 7.98. The molecule has 0 saturated carbocycles. The van der Waals surface area contributed by atoms with Crippen LogP contribution in [-0.2, 0) is 18.5 Å². The summed E-state index contributed by atoms with van der Waals surface area (Å²) in [5.41, 5.74) is 0.763. The summed E-state index contributed by atoms with van der Waals surface area (Å²) in [6.07, 6.45) is -4.43. The number of carbonyl (C=O) groups is 1. The van der Waals surface area contributed by atoms with Crippen LogP contribution in [0.15, 0.2) is 71.9 Å². The molecule has 0 aliphatic heterocycles. The van der Waals surface area contributed by atoms with Crippen LogP contribution in [0.5, 0.6) is 11.5 Å². The number of hydrogen-bond acceptors (Lipinski definition) is 6. The predicted molar refractivity (Wildman–Crippen MR) is 138 cm³/mol. The minimum absolute atomic E-state index is 0.0246. The van der Waals surface area contributed by atoms with Crippen LogP contribution in [0.1, 0.15) is 27.3 Å². The molecule has 0 aliphatic rings. The maximum absolute atomic E-state index is 13.1. The summed E-state index contributed by atoms with van der Waals surface area (Å²) in [6, 6.07) is 16.9. The van der Waals surface area contributed by atoms with Gasteiger partial charge < -0.3 is 14.8 Å². The smallest absolute Gasteiger partial charge is 0.416 e. The van der Waals surface area contributed by atoms with Gasteiger partial charge >= 0.3 is 6.18 Å². The Morgan fingerprint density at radius 2 is 1.76 bits per heavy atom. The van der Waals surface area contributed by atoms with Gasteiger partial charge in [-0.2, -0.15) is 13.2 Å². The van der Waals surface area contributed by atoms with Crippen molar-refractivity contribution >= 4 is 29.3 Å². The maximum atomic E-state index is 13.1. The summed E-state index contributed by atoms with van der Waals surface area (Å²) < 4.78 is 51.5. The number of ether oxygens (including phenoxy) is 2. The zero-order valence-electron chi connectivity index (χ0n) is 20.3. The Kier molecular flexibility index (Phi) is 8.48.